The summed E-state index contributed by atoms with van der Waals surface area (Å²) in [5.41, 5.74) is 9.96. The van der Waals surface area contributed by atoms with Gasteiger partial charge in [-0.15, -0.1) is 0 Å². The topological polar surface area (TPSA) is 104 Å². The highest BCUT2D eigenvalue weighted by Gasteiger charge is 2.23. The van der Waals surface area contributed by atoms with Crippen LogP contribution in [-0.4, -0.2) is 53.4 Å². The Kier molecular flexibility index (Phi) is 8.09. The fourth-order valence-corrected chi connectivity index (χ4v) is 3.73. The molecule has 2 aromatic rings. The predicted octanol–water partition coefficient (Wildman–Crippen LogP) is 2.69. The van der Waals surface area contributed by atoms with Crippen LogP contribution < -0.4 is 11.1 Å². The zero-order valence-corrected chi connectivity index (χ0v) is 17.7. The standard InChI is InChI=1S/C24H29N5O2/c1-26-14-20(13-25)23-10-11-27-15-19(23)6-9-24(31)28-21-7-4-18(5-8-21)16-29-12-2-3-22(29)17-30/h4-11,13-15,22,30H,2-3,12,16-17,25H2,1H3,(H,28,31)/b9-6+,20-13?,26-14?. The number of hydrogen-bond acceptors (Lipinski definition) is 6. The summed E-state index contributed by atoms with van der Waals surface area (Å²) in [5.74, 6) is -0.232. The number of allylic oxidation sites excluding steroid dienone is 1. The largest absolute Gasteiger partial charge is 0.404 e. The highest BCUT2D eigenvalue weighted by atomic mass is 16.3. The van der Waals surface area contributed by atoms with E-state index in [0.29, 0.717) is 0 Å². The first-order valence-corrected chi connectivity index (χ1v) is 10.4. The molecule has 0 radical (unpaired) electrons. The molecule has 0 spiro atoms. The minimum absolute atomic E-state index is 0.201. The first kappa shape index (κ1) is 22.4. The summed E-state index contributed by atoms with van der Waals surface area (Å²) in [4.78, 5) is 22.8. The number of nitrogens with two attached hydrogens (primary N) is 1. The summed E-state index contributed by atoms with van der Waals surface area (Å²) in [6, 6.07) is 9.89. The molecular formula is C24H29N5O2. The Morgan fingerprint density at radius 1 is 1.35 bits per heavy atom. The number of rotatable bonds is 8. The molecule has 1 atom stereocenters. The van der Waals surface area contributed by atoms with Gasteiger partial charge in [0.15, 0.2) is 0 Å². The number of benzene rings is 1. The van der Waals surface area contributed by atoms with E-state index in [0.717, 1.165) is 53.9 Å². The van der Waals surface area contributed by atoms with Crippen LogP contribution in [0.2, 0.25) is 0 Å². The van der Waals surface area contributed by atoms with Crippen molar-refractivity contribution in [3.63, 3.8) is 0 Å². The quantitative estimate of drug-likeness (QED) is 0.451. The lowest BCUT2D eigenvalue weighted by Gasteiger charge is -2.22. The van der Waals surface area contributed by atoms with E-state index in [2.05, 4.69) is 20.2 Å². The number of aliphatic hydroxyl groups is 1. The Hall–Kier alpha value is -3.29. The molecule has 1 aliphatic rings. The van der Waals surface area contributed by atoms with Gasteiger partial charge in [-0.3, -0.25) is 19.7 Å². The molecule has 1 aliphatic heterocycles. The van der Waals surface area contributed by atoms with Gasteiger partial charge >= 0.3 is 0 Å². The summed E-state index contributed by atoms with van der Waals surface area (Å²) in [6.45, 7) is 2.02. The number of likely N-dealkylation sites (tertiary alicyclic amines) is 1. The highest BCUT2D eigenvalue weighted by Crippen LogP contribution is 2.21. The van der Waals surface area contributed by atoms with Crippen LogP contribution in [0.3, 0.4) is 0 Å². The molecule has 4 N–H and O–H groups in total. The summed E-state index contributed by atoms with van der Waals surface area (Å²) in [5, 5.41) is 12.3. The minimum Gasteiger partial charge on any atom is -0.404 e. The zero-order chi connectivity index (χ0) is 22.1. The van der Waals surface area contributed by atoms with E-state index in [1.54, 1.807) is 31.7 Å². The number of hydrogen-bond donors (Lipinski definition) is 3. The van der Waals surface area contributed by atoms with Gasteiger partial charge in [0.2, 0.25) is 5.91 Å². The minimum atomic E-state index is -0.232. The Morgan fingerprint density at radius 2 is 2.16 bits per heavy atom. The van der Waals surface area contributed by atoms with Crippen molar-refractivity contribution in [2.75, 3.05) is 25.5 Å². The lowest BCUT2D eigenvalue weighted by Crippen LogP contribution is -2.31. The van der Waals surface area contributed by atoms with Gasteiger partial charge in [0.05, 0.1) is 6.61 Å². The fourth-order valence-electron chi connectivity index (χ4n) is 3.73. The van der Waals surface area contributed by atoms with Gasteiger partial charge in [-0.25, -0.2) is 0 Å². The van der Waals surface area contributed by atoms with Crippen molar-refractivity contribution in [3.05, 3.63) is 71.7 Å². The second-order valence-corrected chi connectivity index (χ2v) is 7.44. The van der Waals surface area contributed by atoms with Gasteiger partial charge in [-0.1, -0.05) is 12.1 Å². The molecular weight excluding hydrogens is 390 g/mol. The average Bonchev–Trinajstić information content (AvgIpc) is 3.25. The first-order valence-electron chi connectivity index (χ1n) is 10.4. The Balaban J connectivity index is 1.62. The maximum Gasteiger partial charge on any atom is 0.248 e. The molecule has 0 bridgehead atoms. The van der Waals surface area contributed by atoms with Crippen molar-refractivity contribution in [3.8, 4) is 0 Å². The van der Waals surface area contributed by atoms with Gasteiger partial charge in [0, 0.05) is 67.3 Å². The summed E-state index contributed by atoms with van der Waals surface area (Å²) < 4.78 is 0. The van der Waals surface area contributed by atoms with Gasteiger partial charge in [0.25, 0.3) is 0 Å². The van der Waals surface area contributed by atoms with E-state index in [9.17, 15) is 9.90 Å². The average molecular weight is 420 g/mol. The van der Waals surface area contributed by atoms with E-state index in [4.69, 9.17) is 5.73 Å². The number of nitrogens with zero attached hydrogens (tertiary/aromatic N) is 3. The van der Waals surface area contributed by atoms with Crippen molar-refractivity contribution in [2.45, 2.75) is 25.4 Å². The SMILES string of the molecule is CN=CC(=CN)c1ccncc1/C=C/C(=O)Nc1ccc(CN2CCCC2CO)cc1. The molecule has 162 valence electrons. The number of aliphatic imine (C=N–C) groups is 1. The van der Waals surface area contributed by atoms with Crippen LogP contribution in [0.15, 0.2) is 60.0 Å². The van der Waals surface area contributed by atoms with E-state index < -0.39 is 0 Å². The van der Waals surface area contributed by atoms with Crippen molar-refractivity contribution in [1.82, 2.24) is 9.88 Å². The third-order valence-electron chi connectivity index (χ3n) is 5.34. The lowest BCUT2D eigenvalue weighted by atomic mass is 10.0. The Bertz CT molecular complexity index is 966. The van der Waals surface area contributed by atoms with Crippen molar-refractivity contribution in [1.29, 1.82) is 0 Å². The first-order chi connectivity index (χ1) is 15.1. The van der Waals surface area contributed by atoms with Crippen molar-refractivity contribution >= 4 is 29.5 Å². The normalized spacial score (nSPS) is 17.6. The number of aromatic nitrogens is 1. The number of amides is 1. The van der Waals surface area contributed by atoms with Crippen LogP contribution >= 0.6 is 0 Å². The van der Waals surface area contributed by atoms with Crippen LogP contribution in [0.4, 0.5) is 5.69 Å². The molecule has 31 heavy (non-hydrogen) atoms. The van der Waals surface area contributed by atoms with Crippen LogP contribution in [0.1, 0.15) is 29.5 Å². The van der Waals surface area contributed by atoms with E-state index >= 15 is 0 Å². The fraction of sp³-hybridized carbons (Fsp3) is 0.292. The Morgan fingerprint density at radius 3 is 2.87 bits per heavy atom. The van der Waals surface area contributed by atoms with Crippen molar-refractivity contribution in [2.24, 2.45) is 10.7 Å². The van der Waals surface area contributed by atoms with Crippen molar-refractivity contribution < 1.29 is 9.90 Å². The second kappa shape index (κ2) is 11.2. The van der Waals surface area contributed by atoms with E-state index in [-0.39, 0.29) is 18.6 Å². The van der Waals surface area contributed by atoms with E-state index in [1.165, 1.54) is 12.3 Å². The van der Waals surface area contributed by atoms with Gasteiger partial charge < -0.3 is 16.2 Å². The number of anilines is 1. The van der Waals surface area contributed by atoms with Crippen LogP contribution in [0.25, 0.3) is 11.6 Å². The summed E-state index contributed by atoms with van der Waals surface area (Å²) in [7, 11) is 1.68. The van der Waals surface area contributed by atoms with E-state index in [1.807, 2.05) is 30.3 Å². The smallest absolute Gasteiger partial charge is 0.248 e. The summed E-state index contributed by atoms with van der Waals surface area (Å²) in [6.07, 6.45) is 11.8. The number of pyridine rings is 1. The number of nitrogens with one attached hydrogen (secondary N) is 1. The molecule has 3 rings (SSSR count). The third-order valence-corrected chi connectivity index (χ3v) is 5.34. The molecule has 2 heterocycles. The molecule has 1 fully saturated rings. The molecule has 7 nitrogen and oxygen atoms in total. The van der Waals surface area contributed by atoms with Gasteiger partial charge in [-0.05, 0) is 54.8 Å². The van der Waals surface area contributed by atoms with Crippen LogP contribution in [0, 0.1) is 0 Å². The maximum absolute atomic E-state index is 12.4. The highest BCUT2D eigenvalue weighted by molar-refractivity contribution is 6.11. The van der Waals surface area contributed by atoms with Gasteiger partial charge in [0.1, 0.15) is 0 Å². The maximum atomic E-state index is 12.4. The van der Waals surface area contributed by atoms with Gasteiger partial charge in [-0.2, -0.15) is 0 Å². The van der Waals surface area contributed by atoms with Crippen LogP contribution in [-0.2, 0) is 11.3 Å². The lowest BCUT2D eigenvalue weighted by molar-refractivity contribution is -0.111. The Labute approximate surface area is 183 Å². The number of aliphatic hydroxyl groups excluding tert-OH is 1. The molecule has 1 amide bonds. The molecule has 0 saturated carbocycles. The summed E-state index contributed by atoms with van der Waals surface area (Å²) >= 11 is 0. The monoisotopic (exact) mass is 419 g/mol. The molecule has 1 saturated heterocycles. The number of carbonyl (C=O) groups is 1. The number of carbonyl (C=O) groups excluding carboxylic acids is 1. The van der Waals surface area contributed by atoms with Crippen LogP contribution in [0.5, 0.6) is 0 Å². The molecule has 1 aromatic carbocycles. The zero-order valence-electron chi connectivity index (χ0n) is 17.7. The molecule has 1 unspecified atom stereocenters. The third kappa shape index (κ3) is 6.10. The predicted molar refractivity (Wildman–Crippen MR) is 125 cm³/mol. The molecule has 0 aliphatic carbocycles. The molecule has 7 heteroatoms. The second-order valence-electron chi connectivity index (χ2n) is 7.44. The molecule has 1 aromatic heterocycles.